The van der Waals surface area contributed by atoms with Crippen molar-refractivity contribution in [3.8, 4) is 5.75 Å². The lowest BCUT2D eigenvalue weighted by atomic mass is 10.1. The largest absolute Gasteiger partial charge is 0.490 e. The summed E-state index contributed by atoms with van der Waals surface area (Å²) < 4.78 is 14.0. The quantitative estimate of drug-likeness (QED) is 0.659. The van der Waals surface area contributed by atoms with Crippen LogP contribution in [0.15, 0.2) is 41.3 Å². The molecule has 5 rings (SSSR count). The van der Waals surface area contributed by atoms with Crippen molar-refractivity contribution in [2.45, 2.75) is 51.3 Å². The van der Waals surface area contributed by atoms with Gasteiger partial charge in [-0.1, -0.05) is 11.2 Å². The van der Waals surface area contributed by atoms with Crippen LogP contribution < -0.4 is 4.74 Å². The number of fused-ring (bicyclic) bond motifs is 1. The first-order valence-corrected chi connectivity index (χ1v) is 10.0. The lowest BCUT2D eigenvalue weighted by Crippen LogP contribution is -2.39. The van der Waals surface area contributed by atoms with Gasteiger partial charge in [0.15, 0.2) is 6.33 Å². The summed E-state index contributed by atoms with van der Waals surface area (Å²) >= 11 is 0. The Hall–Kier alpha value is -2.34. The molecule has 6 nitrogen and oxygen atoms in total. The smallest absolute Gasteiger partial charge is 0.243 e. The molecule has 1 saturated heterocycles. The van der Waals surface area contributed by atoms with E-state index in [4.69, 9.17) is 9.26 Å². The van der Waals surface area contributed by atoms with Crippen LogP contribution in [0.5, 0.6) is 5.75 Å². The summed E-state index contributed by atoms with van der Waals surface area (Å²) in [7, 11) is 0. The fourth-order valence-electron chi connectivity index (χ4n) is 4.12. The summed E-state index contributed by atoms with van der Waals surface area (Å²) in [5.41, 5.74) is 1.29. The summed E-state index contributed by atoms with van der Waals surface area (Å²) in [5, 5.41) is 4.96. The number of ether oxygens (including phenoxy) is 1. The first kappa shape index (κ1) is 16.8. The van der Waals surface area contributed by atoms with Gasteiger partial charge in [0, 0.05) is 31.2 Å². The molecule has 2 aliphatic rings. The van der Waals surface area contributed by atoms with Crippen LogP contribution in [-0.4, -0.2) is 38.8 Å². The van der Waals surface area contributed by atoms with Crippen LogP contribution in [0.3, 0.4) is 0 Å². The molecule has 2 fully saturated rings. The Kier molecular flexibility index (Phi) is 4.36. The zero-order valence-electron chi connectivity index (χ0n) is 15.8. The predicted molar refractivity (Wildman–Crippen MR) is 103 cm³/mol. The van der Waals surface area contributed by atoms with Gasteiger partial charge in [-0.2, -0.15) is 4.98 Å². The summed E-state index contributed by atoms with van der Waals surface area (Å²) in [6, 6.07) is 8.80. The average Bonchev–Trinajstić information content (AvgIpc) is 3.17. The number of likely N-dealkylation sites (tertiary alicyclic amines) is 1. The van der Waals surface area contributed by atoms with Crippen LogP contribution in [0.1, 0.15) is 44.5 Å². The predicted octanol–water partition coefficient (Wildman–Crippen LogP) is 4.04. The highest BCUT2D eigenvalue weighted by atomic mass is 16.5. The molecule has 1 aliphatic heterocycles. The molecule has 1 aromatic carbocycles. The maximum absolute atomic E-state index is 6.43. The summed E-state index contributed by atoms with van der Waals surface area (Å²) in [5.74, 6) is 2.58. The van der Waals surface area contributed by atoms with Crippen LogP contribution in [-0.2, 0) is 6.54 Å². The number of hydrogen-bond acceptors (Lipinski definition) is 5. The normalized spacial score (nSPS) is 20.2. The molecule has 0 spiro atoms. The van der Waals surface area contributed by atoms with Gasteiger partial charge in [-0.05, 0) is 56.7 Å². The van der Waals surface area contributed by atoms with Gasteiger partial charge in [-0.25, -0.2) is 0 Å². The second-order valence-corrected chi connectivity index (χ2v) is 7.91. The Balaban J connectivity index is 1.24. The van der Waals surface area contributed by atoms with Crippen molar-refractivity contribution < 1.29 is 9.26 Å². The summed E-state index contributed by atoms with van der Waals surface area (Å²) in [4.78, 5) is 6.58. The lowest BCUT2D eigenvalue weighted by molar-refractivity contribution is 0.0708. The van der Waals surface area contributed by atoms with E-state index in [1.807, 2.05) is 0 Å². The van der Waals surface area contributed by atoms with Crippen LogP contribution in [0.4, 0.5) is 0 Å². The Bertz CT molecular complexity index is 892. The topological polar surface area (TPSA) is 56.3 Å². The Morgan fingerprint density at radius 2 is 2.04 bits per heavy atom. The molecule has 2 aromatic heterocycles. The molecule has 1 atom stereocenters. The molecule has 142 valence electrons. The zero-order chi connectivity index (χ0) is 18.2. The van der Waals surface area contributed by atoms with Crippen LogP contribution in [0.2, 0.25) is 0 Å². The van der Waals surface area contributed by atoms with Gasteiger partial charge in [0.2, 0.25) is 5.89 Å². The molecule has 0 N–H and O–H groups in total. The maximum Gasteiger partial charge on any atom is 0.243 e. The van der Waals surface area contributed by atoms with Crippen molar-refractivity contribution in [3.63, 3.8) is 0 Å². The van der Waals surface area contributed by atoms with Crippen LogP contribution in [0, 0.1) is 5.92 Å². The van der Waals surface area contributed by atoms with E-state index < -0.39 is 0 Å². The number of hydrogen-bond donors (Lipinski definition) is 0. The van der Waals surface area contributed by atoms with E-state index in [9.17, 15) is 0 Å². The average molecular weight is 366 g/mol. The van der Waals surface area contributed by atoms with Crippen molar-refractivity contribution in [1.29, 1.82) is 0 Å². The standard InChI is InChI=1S/C21H26N4O2/c1-15(21-22-14-23-27-21)24-10-7-17(8-11-24)26-20-4-2-3-19-18(20)9-12-25(19)13-16-5-6-16/h2-4,9,12,14-17H,5-8,10-11,13H2,1H3. The van der Waals surface area contributed by atoms with Gasteiger partial charge in [-0.15, -0.1) is 0 Å². The monoisotopic (exact) mass is 366 g/mol. The summed E-state index contributed by atoms with van der Waals surface area (Å²) in [6.07, 6.45) is 8.71. The van der Waals surface area contributed by atoms with Crippen molar-refractivity contribution in [2.24, 2.45) is 5.92 Å². The van der Waals surface area contributed by atoms with E-state index in [1.54, 1.807) is 0 Å². The van der Waals surface area contributed by atoms with Gasteiger partial charge in [0.05, 0.1) is 11.6 Å². The molecule has 1 saturated carbocycles. The molecule has 3 heterocycles. The van der Waals surface area contributed by atoms with Gasteiger partial charge in [0.25, 0.3) is 0 Å². The highest BCUT2D eigenvalue weighted by Crippen LogP contribution is 2.34. The third-order valence-electron chi connectivity index (χ3n) is 5.98. The highest BCUT2D eigenvalue weighted by molar-refractivity contribution is 5.86. The Morgan fingerprint density at radius 3 is 2.78 bits per heavy atom. The molecular weight excluding hydrogens is 340 g/mol. The zero-order valence-corrected chi connectivity index (χ0v) is 15.8. The van der Waals surface area contributed by atoms with Crippen molar-refractivity contribution >= 4 is 10.9 Å². The second kappa shape index (κ2) is 7.00. The fourth-order valence-corrected chi connectivity index (χ4v) is 4.12. The first-order chi connectivity index (χ1) is 13.3. The number of piperidine rings is 1. The second-order valence-electron chi connectivity index (χ2n) is 7.91. The number of benzene rings is 1. The van der Waals surface area contributed by atoms with E-state index >= 15 is 0 Å². The van der Waals surface area contributed by atoms with E-state index in [0.717, 1.165) is 44.1 Å². The molecule has 3 aromatic rings. The van der Waals surface area contributed by atoms with Crippen molar-refractivity contribution in [3.05, 3.63) is 42.7 Å². The van der Waals surface area contributed by atoms with E-state index in [-0.39, 0.29) is 12.1 Å². The van der Waals surface area contributed by atoms with Gasteiger partial charge in [-0.3, -0.25) is 4.90 Å². The lowest BCUT2D eigenvalue weighted by Gasteiger charge is -2.34. The molecule has 27 heavy (non-hydrogen) atoms. The molecule has 0 radical (unpaired) electrons. The number of rotatable bonds is 6. The molecule has 6 heteroatoms. The minimum absolute atomic E-state index is 0.160. The van der Waals surface area contributed by atoms with Crippen molar-refractivity contribution in [1.82, 2.24) is 19.6 Å². The van der Waals surface area contributed by atoms with E-state index in [2.05, 4.69) is 57.0 Å². The van der Waals surface area contributed by atoms with E-state index in [0.29, 0.717) is 5.89 Å². The minimum atomic E-state index is 0.160. The van der Waals surface area contributed by atoms with Gasteiger partial charge >= 0.3 is 0 Å². The molecular formula is C21H26N4O2. The highest BCUT2D eigenvalue weighted by Gasteiger charge is 2.27. The van der Waals surface area contributed by atoms with Crippen molar-refractivity contribution in [2.75, 3.05) is 13.1 Å². The third-order valence-corrected chi connectivity index (χ3v) is 5.98. The summed E-state index contributed by atoms with van der Waals surface area (Å²) in [6.45, 7) is 5.22. The van der Waals surface area contributed by atoms with Gasteiger partial charge < -0.3 is 13.8 Å². The molecule has 0 bridgehead atoms. The fraction of sp³-hybridized carbons (Fsp3) is 0.524. The van der Waals surface area contributed by atoms with Gasteiger partial charge in [0.1, 0.15) is 11.9 Å². The minimum Gasteiger partial charge on any atom is -0.490 e. The van der Waals surface area contributed by atoms with Crippen LogP contribution in [0.25, 0.3) is 10.9 Å². The van der Waals surface area contributed by atoms with Crippen LogP contribution >= 0.6 is 0 Å². The number of aromatic nitrogens is 3. The molecule has 1 aliphatic carbocycles. The first-order valence-electron chi connectivity index (χ1n) is 10.0. The van der Waals surface area contributed by atoms with E-state index in [1.165, 1.54) is 30.1 Å². The molecule has 1 unspecified atom stereocenters. The number of nitrogens with zero attached hydrogens (tertiary/aromatic N) is 4. The Morgan fingerprint density at radius 1 is 1.19 bits per heavy atom. The Labute approximate surface area is 159 Å². The SMILES string of the molecule is CC(c1ncno1)N1CCC(Oc2cccc3c2ccn3CC2CC2)CC1. The maximum atomic E-state index is 6.43. The molecule has 0 amide bonds. The third kappa shape index (κ3) is 3.46.